The molecule has 0 N–H and O–H groups in total. The molecule has 4 rings (SSSR count). The van der Waals surface area contributed by atoms with Crippen molar-refractivity contribution < 1.29 is 28.2 Å². The molecule has 30 heavy (non-hydrogen) atoms. The van der Waals surface area contributed by atoms with E-state index in [9.17, 15) is 14.0 Å². The lowest BCUT2D eigenvalue weighted by atomic mass is 10.1. The Morgan fingerprint density at radius 2 is 1.90 bits per heavy atom. The van der Waals surface area contributed by atoms with E-state index >= 15 is 0 Å². The molecule has 3 aromatic carbocycles. The van der Waals surface area contributed by atoms with Crippen LogP contribution in [0.1, 0.15) is 26.3 Å². The normalized spacial score (nSPS) is 13.7. The third-order valence-corrected chi connectivity index (χ3v) is 4.92. The number of carbonyl (C=O) groups is 2. The largest absolute Gasteiger partial charge is 0.496 e. The lowest BCUT2D eigenvalue weighted by molar-refractivity contribution is 0.0729. The molecule has 0 bridgehead atoms. The zero-order valence-electron chi connectivity index (χ0n) is 15.6. The Bertz CT molecular complexity index is 1200. The fourth-order valence-corrected chi connectivity index (χ4v) is 3.36. The molecule has 0 fully saturated rings. The summed E-state index contributed by atoms with van der Waals surface area (Å²) in [4.78, 5) is 24.9. The van der Waals surface area contributed by atoms with Crippen LogP contribution in [-0.2, 0) is 0 Å². The molecular weight excluding hydrogens is 455 g/mol. The van der Waals surface area contributed by atoms with Crippen molar-refractivity contribution in [2.24, 2.45) is 0 Å². The number of Topliss-reactive ketones (excluding diaryl/α,β-unsaturated/α-hetero) is 1. The number of ketones is 1. The maximum absolute atomic E-state index is 13.8. The molecule has 1 aliphatic rings. The number of methoxy groups -OCH3 is 1. The Kier molecular flexibility index (Phi) is 5.37. The Morgan fingerprint density at radius 1 is 1.10 bits per heavy atom. The predicted octanol–water partition coefficient (Wildman–Crippen LogP) is 5.43. The third kappa shape index (κ3) is 3.84. The van der Waals surface area contributed by atoms with E-state index in [4.69, 9.17) is 14.2 Å². The van der Waals surface area contributed by atoms with Gasteiger partial charge in [-0.3, -0.25) is 4.79 Å². The summed E-state index contributed by atoms with van der Waals surface area (Å²) in [5, 5.41) is 0. The molecule has 0 radical (unpaired) electrons. The Balaban J connectivity index is 1.60. The van der Waals surface area contributed by atoms with Crippen molar-refractivity contribution in [2.75, 3.05) is 7.11 Å². The predicted molar refractivity (Wildman–Crippen MR) is 111 cm³/mol. The number of hydrogen-bond donors (Lipinski definition) is 0. The van der Waals surface area contributed by atoms with Crippen LogP contribution in [0.5, 0.6) is 17.2 Å². The number of rotatable bonds is 4. The van der Waals surface area contributed by atoms with Gasteiger partial charge in [-0.05, 0) is 48.5 Å². The van der Waals surface area contributed by atoms with Crippen molar-refractivity contribution in [2.45, 2.75) is 0 Å². The van der Waals surface area contributed by atoms with Gasteiger partial charge in [0.05, 0.1) is 18.2 Å². The first-order valence-corrected chi connectivity index (χ1v) is 9.64. The number of hydrogen-bond acceptors (Lipinski definition) is 5. The second kappa shape index (κ2) is 8.12. The zero-order chi connectivity index (χ0) is 21.3. The minimum Gasteiger partial charge on any atom is -0.496 e. The lowest BCUT2D eigenvalue weighted by Crippen LogP contribution is -2.10. The average molecular weight is 469 g/mol. The molecule has 1 aliphatic heterocycles. The van der Waals surface area contributed by atoms with E-state index in [0.717, 1.165) is 4.47 Å². The van der Waals surface area contributed by atoms with Crippen molar-refractivity contribution in [3.63, 3.8) is 0 Å². The molecule has 0 saturated heterocycles. The van der Waals surface area contributed by atoms with Crippen LogP contribution in [0, 0.1) is 5.82 Å². The number of halogens is 2. The summed E-state index contributed by atoms with van der Waals surface area (Å²) in [5.74, 6) is -0.749. The molecule has 0 atom stereocenters. The smallest absolute Gasteiger partial charge is 0.346 e. The van der Waals surface area contributed by atoms with Crippen LogP contribution in [0.25, 0.3) is 6.08 Å². The Morgan fingerprint density at radius 3 is 2.67 bits per heavy atom. The molecule has 0 spiro atoms. The summed E-state index contributed by atoms with van der Waals surface area (Å²) in [7, 11) is 1.54. The molecule has 5 nitrogen and oxygen atoms in total. The molecule has 1 heterocycles. The van der Waals surface area contributed by atoms with Crippen LogP contribution in [0.4, 0.5) is 4.39 Å². The second-order valence-electron chi connectivity index (χ2n) is 6.35. The van der Waals surface area contributed by atoms with E-state index in [1.807, 2.05) is 6.07 Å². The fourth-order valence-electron chi connectivity index (χ4n) is 2.98. The number of esters is 1. The monoisotopic (exact) mass is 468 g/mol. The van der Waals surface area contributed by atoms with Gasteiger partial charge >= 0.3 is 5.97 Å². The maximum Gasteiger partial charge on any atom is 0.346 e. The van der Waals surface area contributed by atoms with Crippen LogP contribution in [-0.4, -0.2) is 18.9 Å². The Labute approximate surface area is 179 Å². The van der Waals surface area contributed by atoms with Crippen LogP contribution >= 0.6 is 15.9 Å². The topological polar surface area (TPSA) is 61.8 Å². The van der Waals surface area contributed by atoms with Gasteiger partial charge in [0.1, 0.15) is 23.1 Å². The van der Waals surface area contributed by atoms with Crippen LogP contribution in [0.3, 0.4) is 0 Å². The van der Waals surface area contributed by atoms with Crippen molar-refractivity contribution in [3.05, 3.63) is 93.4 Å². The van der Waals surface area contributed by atoms with E-state index in [1.165, 1.54) is 49.6 Å². The lowest BCUT2D eigenvalue weighted by Gasteiger charge is -2.07. The van der Waals surface area contributed by atoms with Crippen LogP contribution < -0.4 is 14.2 Å². The summed E-state index contributed by atoms with van der Waals surface area (Å²) >= 11 is 3.39. The summed E-state index contributed by atoms with van der Waals surface area (Å²) in [5.41, 5.74) is 0.812. The van der Waals surface area contributed by atoms with Gasteiger partial charge in [0.15, 0.2) is 5.76 Å². The van der Waals surface area contributed by atoms with E-state index in [2.05, 4.69) is 15.9 Å². The number of carbonyl (C=O) groups excluding carboxylic acids is 2. The van der Waals surface area contributed by atoms with Crippen LogP contribution in [0.15, 0.2) is 70.9 Å². The number of fused-ring (bicyclic) bond motifs is 1. The quantitative estimate of drug-likeness (QED) is 0.290. The van der Waals surface area contributed by atoms with E-state index < -0.39 is 11.8 Å². The highest BCUT2D eigenvalue weighted by Crippen LogP contribution is 2.36. The van der Waals surface area contributed by atoms with E-state index in [-0.39, 0.29) is 28.6 Å². The molecule has 150 valence electrons. The molecule has 0 saturated carbocycles. The van der Waals surface area contributed by atoms with E-state index in [1.54, 1.807) is 18.2 Å². The molecule has 0 unspecified atom stereocenters. The molecule has 7 heteroatoms. The highest BCUT2D eigenvalue weighted by molar-refractivity contribution is 9.10. The molecule has 3 aromatic rings. The van der Waals surface area contributed by atoms with Gasteiger partial charge in [-0.2, -0.15) is 0 Å². The fraction of sp³-hybridized carbons (Fsp3) is 0.0435. The average Bonchev–Trinajstić information content (AvgIpc) is 3.03. The first-order valence-electron chi connectivity index (χ1n) is 8.85. The molecular formula is C23H14BrFO5. The third-order valence-electron chi connectivity index (χ3n) is 4.42. The van der Waals surface area contributed by atoms with Crippen molar-refractivity contribution in [1.82, 2.24) is 0 Å². The van der Waals surface area contributed by atoms with Gasteiger partial charge < -0.3 is 14.2 Å². The van der Waals surface area contributed by atoms with Gasteiger partial charge in [0.25, 0.3) is 0 Å². The second-order valence-corrected chi connectivity index (χ2v) is 7.27. The van der Waals surface area contributed by atoms with Gasteiger partial charge in [-0.1, -0.05) is 28.1 Å². The van der Waals surface area contributed by atoms with Gasteiger partial charge in [0, 0.05) is 16.1 Å². The number of ether oxygens (including phenoxy) is 3. The number of benzene rings is 3. The Hall–Kier alpha value is -3.45. The highest BCUT2D eigenvalue weighted by Gasteiger charge is 2.28. The van der Waals surface area contributed by atoms with E-state index in [0.29, 0.717) is 16.9 Å². The SMILES string of the molecule is COc1ccc(Br)cc1/C=C1\Oc2cc(OC(=O)c3ccccc3F)ccc2C1=O. The van der Waals surface area contributed by atoms with Gasteiger partial charge in [0.2, 0.25) is 5.78 Å². The molecule has 0 aliphatic carbocycles. The van der Waals surface area contributed by atoms with Gasteiger partial charge in [-0.15, -0.1) is 0 Å². The summed E-state index contributed by atoms with van der Waals surface area (Å²) < 4.78 is 30.8. The van der Waals surface area contributed by atoms with Gasteiger partial charge in [-0.25, -0.2) is 9.18 Å². The van der Waals surface area contributed by atoms with Crippen LogP contribution in [0.2, 0.25) is 0 Å². The van der Waals surface area contributed by atoms with Crippen molar-refractivity contribution in [3.8, 4) is 17.2 Å². The first-order chi connectivity index (χ1) is 14.5. The minimum absolute atomic E-state index is 0.110. The first kappa shape index (κ1) is 19.8. The van der Waals surface area contributed by atoms with Crippen molar-refractivity contribution >= 4 is 33.8 Å². The summed E-state index contributed by atoms with van der Waals surface area (Å²) in [6, 6.07) is 15.3. The zero-order valence-corrected chi connectivity index (χ0v) is 17.2. The number of allylic oxidation sites excluding steroid dienone is 1. The summed E-state index contributed by atoms with van der Waals surface area (Å²) in [6.07, 6.45) is 1.58. The summed E-state index contributed by atoms with van der Waals surface area (Å²) in [6.45, 7) is 0. The maximum atomic E-state index is 13.8. The molecule has 0 amide bonds. The van der Waals surface area contributed by atoms with Crippen molar-refractivity contribution in [1.29, 1.82) is 0 Å². The standard InChI is InChI=1S/C23H14BrFO5/c1-28-19-9-6-14(24)10-13(19)11-21-22(26)17-8-7-15(12-20(17)30-21)29-23(27)16-4-2-3-5-18(16)25/h2-12H,1H3/b21-11-. The highest BCUT2D eigenvalue weighted by atomic mass is 79.9. The minimum atomic E-state index is -0.841. The molecule has 0 aromatic heterocycles.